The molecular weight excluding hydrogens is 396 g/mol. The van der Waals surface area contributed by atoms with Crippen LogP contribution in [0, 0.1) is 0 Å². The van der Waals surface area contributed by atoms with Crippen molar-refractivity contribution in [2.75, 3.05) is 5.32 Å². The Bertz CT molecular complexity index is 1160. The normalized spacial score (nSPS) is 11.5. The third-order valence-electron chi connectivity index (χ3n) is 5.22. The molecule has 0 aliphatic heterocycles. The minimum atomic E-state index is -0.0816. The number of amides is 1. The molecule has 5 heteroatoms. The van der Waals surface area contributed by atoms with Gasteiger partial charge in [-0.2, -0.15) is 0 Å². The molecule has 0 saturated carbocycles. The zero-order valence-corrected chi connectivity index (χ0v) is 18.0. The first-order chi connectivity index (χ1) is 15.7. The number of hydrogen-bond acceptors (Lipinski definition) is 4. The fourth-order valence-electron chi connectivity index (χ4n) is 3.49. The predicted molar refractivity (Wildman–Crippen MR) is 129 cm³/mol. The maximum Gasteiger partial charge on any atom is 0.251 e. The molecular formula is C27H26N4O. The summed E-state index contributed by atoms with van der Waals surface area (Å²) in [5.41, 5.74) is 4.55. The second kappa shape index (κ2) is 10.4. The number of hydrogen-bond donors (Lipinski definition) is 2. The monoisotopic (exact) mass is 422 g/mol. The molecule has 0 spiro atoms. The van der Waals surface area contributed by atoms with Gasteiger partial charge in [-0.15, -0.1) is 0 Å². The molecule has 3 aromatic carbocycles. The molecule has 2 N–H and O–H groups in total. The summed E-state index contributed by atoms with van der Waals surface area (Å²) in [5.74, 6) is 0.592. The number of carbonyl (C=O) groups excluding carboxylic acids is 1. The first-order valence-corrected chi connectivity index (χ1v) is 10.8. The average molecular weight is 423 g/mol. The number of aryl methyl sites for hydroxylation is 1. The Labute approximate surface area is 188 Å². The van der Waals surface area contributed by atoms with E-state index in [1.54, 1.807) is 0 Å². The summed E-state index contributed by atoms with van der Waals surface area (Å²) in [6.07, 6.45) is 3.36. The molecule has 1 atom stereocenters. The van der Waals surface area contributed by atoms with Crippen molar-refractivity contribution >= 4 is 17.4 Å². The molecule has 1 aromatic heterocycles. The second-order valence-corrected chi connectivity index (χ2v) is 7.76. The van der Waals surface area contributed by atoms with E-state index in [0.717, 1.165) is 29.8 Å². The van der Waals surface area contributed by atoms with Crippen molar-refractivity contribution in [2.45, 2.75) is 25.8 Å². The summed E-state index contributed by atoms with van der Waals surface area (Å²) in [6, 6.07) is 29.7. The zero-order chi connectivity index (χ0) is 22.2. The Morgan fingerprint density at radius 3 is 2.41 bits per heavy atom. The summed E-state index contributed by atoms with van der Waals surface area (Å²) in [5, 5.41) is 6.37. The van der Waals surface area contributed by atoms with Gasteiger partial charge >= 0.3 is 0 Å². The largest absolute Gasteiger partial charge is 0.350 e. The molecule has 160 valence electrons. The first-order valence-electron chi connectivity index (χ1n) is 10.8. The van der Waals surface area contributed by atoms with E-state index in [1.165, 1.54) is 11.9 Å². The second-order valence-electron chi connectivity index (χ2n) is 7.76. The fourth-order valence-corrected chi connectivity index (χ4v) is 3.49. The van der Waals surface area contributed by atoms with E-state index in [2.05, 4.69) is 32.7 Å². The smallest absolute Gasteiger partial charge is 0.251 e. The lowest BCUT2D eigenvalue weighted by Crippen LogP contribution is -2.32. The quantitative estimate of drug-likeness (QED) is 0.386. The topological polar surface area (TPSA) is 66.9 Å². The molecule has 32 heavy (non-hydrogen) atoms. The number of anilines is 2. The summed E-state index contributed by atoms with van der Waals surface area (Å²) < 4.78 is 0. The standard InChI is InChI=1S/C27H26N4O/c1-20(15-16-21-9-4-2-5-10-21)30-27(32)23-13-8-14-24(17-23)31-26-18-25(28-19-29-26)22-11-6-3-7-12-22/h2-14,17-20H,15-16H2,1H3,(H,30,32)(H,28,29,31)/t20-/m0/s1. The van der Waals surface area contributed by atoms with Crippen molar-refractivity contribution in [1.29, 1.82) is 0 Å². The number of benzene rings is 3. The van der Waals surface area contributed by atoms with Crippen LogP contribution in [0.25, 0.3) is 11.3 Å². The van der Waals surface area contributed by atoms with Gasteiger partial charge < -0.3 is 10.6 Å². The highest BCUT2D eigenvalue weighted by Gasteiger charge is 2.11. The van der Waals surface area contributed by atoms with Crippen LogP contribution in [0.4, 0.5) is 11.5 Å². The predicted octanol–water partition coefficient (Wildman–Crippen LogP) is 5.64. The first kappa shape index (κ1) is 21.2. The molecule has 4 aromatic rings. The third-order valence-corrected chi connectivity index (χ3v) is 5.22. The van der Waals surface area contributed by atoms with Gasteiger partial charge in [-0.05, 0) is 43.5 Å². The lowest BCUT2D eigenvalue weighted by Gasteiger charge is -2.15. The van der Waals surface area contributed by atoms with Crippen molar-refractivity contribution in [2.24, 2.45) is 0 Å². The maximum absolute atomic E-state index is 12.7. The number of carbonyl (C=O) groups is 1. The van der Waals surface area contributed by atoms with Crippen molar-refractivity contribution in [3.63, 3.8) is 0 Å². The number of rotatable bonds is 8. The molecule has 0 fully saturated rings. The highest BCUT2D eigenvalue weighted by Crippen LogP contribution is 2.21. The van der Waals surface area contributed by atoms with Gasteiger partial charge in [0.15, 0.2) is 0 Å². The van der Waals surface area contributed by atoms with E-state index < -0.39 is 0 Å². The Morgan fingerprint density at radius 1 is 0.875 bits per heavy atom. The molecule has 5 nitrogen and oxygen atoms in total. The van der Waals surface area contributed by atoms with E-state index in [9.17, 15) is 4.79 Å². The van der Waals surface area contributed by atoms with Crippen molar-refractivity contribution in [3.05, 3.63) is 108 Å². The fraction of sp³-hybridized carbons (Fsp3) is 0.148. The Hall–Kier alpha value is -3.99. The van der Waals surface area contributed by atoms with Crippen LogP contribution in [-0.2, 0) is 6.42 Å². The summed E-state index contributed by atoms with van der Waals surface area (Å²) >= 11 is 0. The summed E-state index contributed by atoms with van der Waals surface area (Å²) in [7, 11) is 0. The molecule has 0 aliphatic carbocycles. The third kappa shape index (κ3) is 5.79. The molecule has 0 bridgehead atoms. The number of nitrogens with zero attached hydrogens (tertiary/aromatic N) is 2. The lowest BCUT2D eigenvalue weighted by atomic mass is 10.1. The van der Waals surface area contributed by atoms with E-state index in [1.807, 2.05) is 85.8 Å². The van der Waals surface area contributed by atoms with E-state index in [4.69, 9.17) is 0 Å². The van der Waals surface area contributed by atoms with Gasteiger partial charge in [-0.1, -0.05) is 66.7 Å². The van der Waals surface area contributed by atoms with Crippen LogP contribution in [0.3, 0.4) is 0 Å². The van der Waals surface area contributed by atoms with Gasteiger partial charge in [0.2, 0.25) is 0 Å². The molecule has 4 rings (SSSR count). The molecule has 1 heterocycles. The maximum atomic E-state index is 12.7. The van der Waals surface area contributed by atoms with E-state index in [0.29, 0.717) is 11.4 Å². The van der Waals surface area contributed by atoms with Gasteiger partial charge in [0.1, 0.15) is 12.1 Å². The van der Waals surface area contributed by atoms with Gasteiger partial charge in [0, 0.05) is 28.9 Å². The van der Waals surface area contributed by atoms with Gasteiger partial charge in [-0.25, -0.2) is 9.97 Å². The zero-order valence-electron chi connectivity index (χ0n) is 18.0. The van der Waals surface area contributed by atoms with E-state index >= 15 is 0 Å². The van der Waals surface area contributed by atoms with Crippen molar-refractivity contribution in [3.8, 4) is 11.3 Å². The average Bonchev–Trinajstić information content (AvgIpc) is 2.84. The summed E-state index contributed by atoms with van der Waals surface area (Å²) in [6.45, 7) is 2.04. The molecule has 0 saturated heterocycles. The highest BCUT2D eigenvalue weighted by atomic mass is 16.1. The van der Waals surface area contributed by atoms with Crippen LogP contribution >= 0.6 is 0 Å². The van der Waals surface area contributed by atoms with Crippen LogP contribution in [0.1, 0.15) is 29.3 Å². The van der Waals surface area contributed by atoms with Crippen LogP contribution in [0.2, 0.25) is 0 Å². The SMILES string of the molecule is C[C@@H](CCc1ccccc1)NC(=O)c1cccc(Nc2cc(-c3ccccc3)ncn2)c1. The minimum Gasteiger partial charge on any atom is -0.350 e. The molecule has 0 radical (unpaired) electrons. The lowest BCUT2D eigenvalue weighted by molar-refractivity contribution is 0.0938. The van der Waals surface area contributed by atoms with Crippen molar-refractivity contribution < 1.29 is 4.79 Å². The van der Waals surface area contributed by atoms with Crippen LogP contribution in [0.5, 0.6) is 0 Å². The molecule has 1 amide bonds. The van der Waals surface area contributed by atoms with Gasteiger partial charge in [0.25, 0.3) is 5.91 Å². The number of aromatic nitrogens is 2. The van der Waals surface area contributed by atoms with Crippen molar-refractivity contribution in [1.82, 2.24) is 15.3 Å². The minimum absolute atomic E-state index is 0.0783. The molecule has 0 unspecified atom stereocenters. The van der Waals surface area contributed by atoms with E-state index in [-0.39, 0.29) is 11.9 Å². The Balaban J connectivity index is 1.38. The Kier molecular flexibility index (Phi) is 6.88. The Morgan fingerprint density at radius 2 is 1.62 bits per heavy atom. The molecule has 0 aliphatic rings. The number of nitrogens with one attached hydrogen (secondary N) is 2. The van der Waals surface area contributed by atoms with Crippen LogP contribution in [-0.4, -0.2) is 21.9 Å². The summed E-state index contributed by atoms with van der Waals surface area (Å²) in [4.78, 5) is 21.4. The van der Waals surface area contributed by atoms with Gasteiger partial charge in [-0.3, -0.25) is 4.79 Å². The van der Waals surface area contributed by atoms with Gasteiger partial charge in [0.05, 0.1) is 5.69 Å². The van der Waals surface area contributed by atoms with Crippen LogP contribution < -0.4 is 10.6 Å². The van der Waals surface area contributed by atoms with Crippen LogP contribution in [0.15, 0.2) is 97.3 Å². The highest BCUT2D eigenvalue weighted by molar-refractivity contribution is 5.95.